The Balaban J connectivity index is 3.43. The van der Waals surface area contributed by atoms with Gasteiger partial charge in [0.05, 0.1) is 0 Å². The predicted octanol–water partition coefficient (Wildman–Crippen LogP) is -0.0577. The van der Waals surface area contributed by atoms with Crippen LogP contribution in [0.25, 0.3) is 0 Å². The van der Waals surface area contributed by atoms with Crippen molar-refractivity contribution >= 4 is 16.5 Å². The topological polar surface area (TPSA) is 26.3 Å². The summed E-state index contributed by atoms with van der Waals surface area (Å²) in [5.74, 6) is -0.261. The van der Waals surface area contributed by atoms with Gasteiger partial charge >= 0.3 is 5.97 Å². The van der Waals surface area contributed by atoms with Gasteiger partial charge in [0.25, 0.3) is 0 Å². The molecule has 0 N–H and O–H groups in total. The van der Waals surface area contributed by atoms with Gasteiger partial charge in [0.1, 0.15) is 0 Å². The molecule has 0 aliphatic carbocycles. The molecule has 2 nitrogen and oxygen atoms in total. The van der Waals surface area contributed by atoms with Crippen molar-refractivity contribution in [3.63, 3.8) is 0 Å². The molecule has 0 atom stereocenters. The van der Waals surface area contributed by atoms with E-state index >= 15 is 0 Å². The van der Waals surface area contributed by atoms with Crippen molar-refractivity contribution in [3.05, 3.63) is 24.8 Å². The van der Waals surface area contributed by atoms with E-state index in [0.717, 1.165) is 6.42 Å². The molecule has 0 rings (SSSR count). The highest BCUT2D eigenvalue weighted by molar-refractivity contribution is 6.07. The van der Waals surface area contributed by atoms with Gasteiger partial charge in [-0.15, -0.1) is 6.58 Å². The molecule has 0 aromatic rings. The Labute approximate surface area is 57.8 Å². The zero-order chi connectivity index (χ0) is 7.11. The minimum absolute atomic E-state index is 0.261. The second-order valence-electron chi connectivity index (χ2n) is 1.45. The first-order valence-corrected chi connectivity index (χ1v) is 3.48. The van der Waals surface area contributed by atoms with Crippen molar-refractivity contribution < 1.29 is 9.22 Å². The van der Waals surface area contributed by atoms with E-state index in [4.69, 9.17) is 0 Å². The number of rotatable bonds is 3. The summed E-state index contributed by atoms with van der Waals surface area (Å²) in [5, 5.41) is 0. The lowest BCUT2D eigenvalue weighted by Gasteiger charge is -1.87. The summed E-state index contributed by atoms with van der Waals surface area (Å²) in [6, 6.07) is 0. The molecule has 0 aliphatic rings. The molecule has 0 bridgehead atoms. The van der Waals surface area contributed by atoms with E-state index < -0.39 is 0 Å². The van der Waals surface area contributed by atoms with Crippen LogP contribution in [0.4, 0.5) is 0 Å². The standard InChI is InChI=1S/C6H10O2Si/c1-2-3-4-5-6(7)8-9/h2,4-5H,1,3H2,9H3. The molecule has 0 spiro atoms. The maximum Gasteiger partial charge on any atom is 0.316 e. The Morgan fingerprint density at radius 1 is 1.78 bits per heavy atom. The van der Waals surface area contributed by atoms with Gasteiger partial charge in [-0.2, -0.15) is 0 Å². The van der Waals surface area contributed by atoms with Gasteiger partial charge in [0, 0.05) is 6.08 Å². The van der Waals surface area contributed by atoms with Crippen LogP contribution in [0, 0.1) is 0 Å². The fourth-order valence-corrected chi connectivity index (χ4v) is 0.465. The molecule has 0 radical (unpaired) electrons. The van der Waals surface area contributed by atoms with Crippen molar-refractivity contribution in [1.29, 1.82) is 0 Å². The highest BCUT2D eigenvalue weighted by atomic mass is 28.2. The first kappa shape index (κ1) is 8.17. The van der Waals surface area contributed by atoms with E-state index in [1.165, 1.54) is 6.08 Å². The Hall–Kier alpha value is -0.833. The zero-order valence-electron chi connectivity index (χ0n) is 5.46. The van der Waals surface area contributed by atoms with Crippen molar-refractivity contribution in [1.82, 2.24) is 0 Å². The number of carbonyl (C=O) groups is 1. The number of allylic oxidation sites excluding steroid dienone is 2. The maximum atomic E-state index is 10.4. The van der Waals surface area contributed by atoms with Crippen molar-refractivity contribution in [3.8, 4) is 0 Å². The molecule has 0 fully saturated rings. The summed E-state index contributed by atoms with van der Waals surface area (Å²) in [7, 11) is 0.465. The van der Waals surface area contributed by atoms with Crippen molar-refractivity contribution in [2.45, 2.75) is 6.42 Å². The Kier molecular flexibility index (Phi) is 4.82. The normalized spacial score (nSPS) is 9.78. The van der Waals surface area contributed by atoms with E-state index in [9.17, 15) is 4.79 Å². The van der Waals surface area contributed by atoms with Gasteiger partial charge in [-0.1, -0.05) is 12.2 Å². The largest absolute Gasteiger partial charge is 0.526 e. The first-order valence-electron chi connectivity index (χ1n) is 2.66. The van der Waals surface area contributed by atoms with Gasteiger partial charge < -0.3 is 4.43 Å². The lowest BCUT2D eigenvalue weighted by atomic mass is 10.4. The minimum atomic E-state index is -0.261. The third kappa shape index (κ3) is 5.03. The molecule has 0 aliphatic heterocycles. The van der Waals surface area contributed by atoms with Gasteiger partial charge in [0.2, 0.25) is 10.5 Å². The summed E-state index contributed by atoms with van der Waals surface area (Å²) in [5.41, 5.74) is 0. The highest BCUT2D eigenvalue weighted by Gasteiger charge is 1.85. The van der Waals surface area contributed by atoms with Crippen LogP contribution in [0.1, 0.15) is 6.42 Å². The third-order valence-corrected chi connectivity index (χ3v) is 1.16. The van der Waals surface area contributed by atoms with Crippen LogP contribution in [0.2, 0.25) is 0 Å². The van der Waals surface area contributed by atoms with Crippen LogP contribution in [0.3, 0.4) is 0 Å². The molecule has 0 aromatic carbocycles. The lowest BCUT2D eigenvalue weighted by Crippen LogP contribution is -1.94. The van der Waals surface area contributed by atoms with E-state index in [0.29, 0.717) is 10.5 Å². The van der Waals surface area contributed by atoms with Crippen LogP contribution in [0.5, 0.6) is 0 Å². The summed E-state index contributed by atoms with van der Waals surface area (Å²) in [6.45, 7) is 3.49. The molecular formula is C6H10O2Si. The first-order chi connectivity index (χ1) is 4.31. The number of carbonyl (C=O) groups excluding carboxylic acids is 1. The van der Waals surface area contributed by atoms with E-state index in [-0.39, 0.29) is 5.97 Å². The van der Waals surface area contributed by atoms with Crippen LogP contribution in [-0.4, -0.2) is 16.5 Å². The van der Waals surface area contributed by atoms with Crippen molar-refractivity contribution in [2.24, 2.45) is 0 Å². The van der Waals surface area contributed by atoms with E-state index in [1.807, 2.05) is 0 Å². The molecule has 3 heteroatoms. The Bertz CT molecular complexity index is 129. The molecule has 0 aromatic heterocycles. The lowest BCUT2D eigenvalue weighted by molar-refractivity contribution is -0.128. The maximum absolute atomic E-state index is 10.4. The average Bonchev–Trinajstić information content (AvgIpc) is 1.89. The average molecular weight is 142 g/mol. The van der Waals surface area contributed by atoms with E-state index in [1.54, 1.807) is 12.2 Å². The molecule has 0 heterocycles. The summed E-state index contributed by atoms with van der Waals surface area (Å²) in [4.78, 5) is 10.4. The number of hydrogen-bond acceptors (Lipinski definition) is 2. The molecule has 0 amide bonds. The van der Waals surface area contributed by atoms with Crippen LogP contribution < -0.4 is 0 Å². The van der Waals surface area contributed by atoms with Crippen LogP contribution in [-0.2, 0) is 9.22 Å². The smallest absolute Gasteiger partial charge is 0.316 e. The number of hydrogen-bond donors (Lipinski definition) is 0. The quantitative estimate of drug-likeness (QED) is 0.313. The summed E-state index contributed by atoms with van der Waals surface area (Å²) < 4.78 is 4.48. The monoisotopic (exact) mass is 142 g/mol. The van der Waals surface area contributed by atoms with Crippen LogP contribution in [0.15, 0.2) is 24.8 Å². The molecule has 0 unspecified atom stereocenters. The predicted molar refractivity (Wildman–Crippen MR) is 40.0 cm³/mol. The minimum Gasteiger partial charge on any atom is -0.526 e. The Morgan fingerprint density at radius 2 is 2.44 bits per heavy atom. The fraction of sp³-hybridized carbons (Fsp3) is 0.167. The molecule has 0 saturated heterocycles. The molecule has 0 saturated carbocycles. The molecule has 50 valence electrons. The fourth-order valence-electron chi connectivity index (χ4n) is 0.329. The second-order valence-corrected chi connectivity index (χ2v) is 1.86. The second kappa shape index (κ2) is 5.31. The van der Waals surface area contributed by atoms with Crippen molar-refractivity contribution in [2.75, 3.05) is 0 Å². The molecular weight excluding hydrogens is 132 g/mol. The van der Waals surface area contributed by atoms with Gasteiger partial charge in [-0.05, 0) is 6.42 Å². The van der Waals surface area contributed by atoms with Crippen LogP contribution >= 0.6 is 0 Å². The zero-order valence-corrected chi connectivity index (χ0v) is 7.46. The summed E-state index contributed by atoms with van der Waals surface area (Å²) in [6.07, 6.45) is 5.56. The third-order valence-electron chi connectivity index (χ3n) is 0.758. The SMILES string of the molecule is C=CCC=CC(=O)O[SiH3]. The molecule has 9 heavy (non-hydrogen) atoms. The van der Waals surface area contributed by atoms with Gasteiger partial charge in [0.15, 0.2) is 0 Å². The van der Waals surface area contributed by atoms with Gasteiger partial charge in [-0.25, -0.2) is 4.79 Å². The highest BCUT2D eigenvalue weighted by Crippen LogP contribution is 1.83. The Morgan fingerprint density at radius 3 is 2.89 bits per heavy atom. The summed E-state index contributed by atoms with van der Waals surface area (Å²) >= 11 is 0. The van der Waals surface area contributed by atoms with E-state index in [2.05, 4.69) is 11.0 Å². The van der Waals surface area contributed by atoms with Gasteiger partial charge in [-0.3, -0.25) is 0 Å².